The van der Waals surface area contributed by atoms with Crippen LogP contribution in [0.3, 0.4) is 0 Å². The van der Waals surface area contributed by atoms with Crippen LogP contribution in [0.15, 0.2) is 23.2 Å². The predicted molar refractivity (Wildman–Crippen MR) is 119 cm³/mol. The van der Waals surface area contributed by atoms with Crippen molar-refractivity contribution in [1.82, 2.24) is 15.4 Å². The molecule has 7 nitrogen and oxygen atoms in total. The topological polar surface area (TPSA) is 91.8 Å². The molecule has 0 heterocycles. The van der Waals surface area contributed by atoms with Crippen molar-refractivity contribution < 1.29 is 13.2 Å². The zero-order chi connectivity index (χ0) is 19.1. The van der Waals surface area contributed by atoms with Crippen molar-refractivity contribution in [3.63, 3.8) is 0 Å². The fraction of sp³-hybridized carbons (Fsp3) is 0.562. The molecule has 3 N–H and O–H groups in total. The monoisotopic (exact) mass is 518 g/mol. The highest BCUT2D eigenvalue weighted by molar-refractivity contribution is 14.0. The van der Waals surface area contributed by atoms with Gasteiger partial charge >= 0.3 is 0 Å². The van der Waals surface area contributed by atoms with Crippen LogP contribution in [0.4, 0.5) is 0 Å². The molecule has 0 radical (unpaired) electrons. The van der Waals surface area contributed by atoms with Gasteiger partial charge < -0.3 is 15.4 Å². The summed E-state index contributed by atoms with van der Waals surface area (Å²) in [6.07, 6.45) is 1.86. The van der Waals surface area contributed by atoms with E-state index in [2.05, 4.69) is 20.3 Å². The number of rotatable bonds is 8. The lowest BCUT2D eigenvalue weighted by atomic mass is 10.1. The Morgan fingerprint density at radius 2 is 1.96 bits per heavy atom. The van der Waals surface area contributed by atoms with Crippen LogP contribution >= 0.6 is 35.6 Å². The summed E-state index contributed by atoms with van der Waals surface area (Å²) >= 11 is 6.22. The first-order chi connectivity index (χ1) is 11.6. The number of benzene rings is 1. The van der Waals surface area contributed by atoms with Gasteiger partial charge in [0.1, 0.15) is 5.75 Å². The van der Waals surface area contributed by atoms with Crippen molar-refractivity contribution in [2.24, 2.45) is 4.99 Å². The van der Waals surface area contributed by atoms with Gasteiger partial charge in [-0.2, -0.15) is 0 Å². The SMILES string of the molecule is CN=C(NCCc1ccc(OC)cc1Cl)NCC(C)(C)NS(C)(=O)=O.I. The van der Waals surface area contributed by atoms with Crippen molar-refractivity contribution in [3.05, 3.63) is 28.8 Å². The molecule has 0 aliphatic rings. The number of hydrogen-bond acceptors (Lipinski definition) is 4. The molecule has 0 saturated carbocycles. The molecule has 26 heavy (non-hydrogen) atoms. The molecule has 0 amide bonds. The van der Waals surface area contributed by atoms with Crippen LogP contribution in [0.2, 0.25) is 5.02 Å². The number of nitrogens with one attached hydrogen (secondary N) is 3. The molecule has 1 aromatic rings. The van der Waals surface area contributed by atoms with Gasteiger partial charge in [-0.05, 0) is 38.0 Å². The van der Waals surface area contributed by atoms with Gasteiger partial charge in [-0.15, -0.1) is 24.0 Å². The van der Waals surface area contributed by atoms with E-state index >= 15 is 0 Å². The molecule has 0 atom stereocenters. The second-order valence-electron chi connectivity index (χ2n) is 6.32. The Morgan fingerprint density at radius 1 is 1.31 bits per heavy atom. The summed E-state index contributed by atoms with van der Waals surface area (Å²) in [5.41, 5.74) is 0.370. The number of sulfonamides is 1. The molecule has 0 saturated heterocycles. The summed E-state index contributed by atoms with van der Waals surface area (Å²) in [6.45, 7) is 4.62. The van der Waals surface area contributed by atoms with Gasteiger partial charge in [0.15, 0.2) is 5.96 Å². The minimum Gasteiger partial charge on any atom is -0.497 e. The van der Waals surface area contributed by atoms with Crippen LogP contribution in [0.5, 0.6) is 5.75 Å². The van der Waals surface area contributed by atoms with Gasteiger partial charge in [0.05, 0.1) is 13.4 Å². The lowest BCUT2D eigenvalue weighted by Crippen LogP contribution is -2.53. The van der Waals surface area contributed by atoms with E-state index in [1.807, 2.05) is 12.1 Å². The van der Waals surface area contributed by atoms with E-state index < -0.39 is 15.6 Å². The van der Waals surface area contributed by atoms with Crippen molar-refractivity contribution in [2.75, 3.05) is 33.5 Å². The number of nitrogens with zero attached hydrogens (tertiary/aromatic N) is 1. The first-order valence-corrected chi connectivity index (χ1v) is 10.1. The number of ether oxygens (including phenoxy) is 1. The van der Waals surface area contributed by atoms with E-state index in [4.69, 9.17) is 16.3 Å². The number of guanidine groups is 1. The maximum absolute atomic E-state index is 11.4. The molecule has 1 rings (SSSR count). The minimum absolute atomic E-state index is 0. The second kappa shape index (κ2) is 11.2. The second-order valence-corrected chi connectivity index (χ2v) is 8.47. The molecule has 150 valence electrons. The zero-order valence-corrected chi connectivity index (χ0v) is 19.6. The highest BCUT2D eigenvalue weighted by Crippen LogP contribution is 2.22. The first-order valence-electron chi connectivity index (χ1n) is 7.82. The summed E-state index contributed by atoms with van der Waals surface area (Å²) in [4.78, 5) is 4.13. The van der Waals surface area contributed by atoms with Crippen LogP contribution in [-0.2, 0) is 16.4 Å². The Balaban J connectivity index is 0.00000625. The van der Waals surface area contributed by atoms with Crippen LogP contribution < -0.4 is 20.1 Å². The standard InChI is InChI=1S/C16H27ClN4O3S.HI/c1-16(2,21-25(5,22)23)11-20-15(18-3)19-9-8-12-6-7-13(24-4)10-14(12)17;/h6-7,10,21H,8-9,11H2,1-5H3,(H2,18,19,20);1H. The van der Waals surface area contributed by atoms with Crippen molar-refractivity contribution >= 4 is 51.6 Å². The average Bonchev–Trinajstić information content (AvgIpc) is 2.49. The number of halogens is 2. The average molecular weight is 519 g/mol. The van der Waals surface area contributed by atoms with Crippen molar-refractivity contribution in [2.45, 2.75) is 25.8 Å². The minimum atomic E-state index is -3.28. The van der Waals surface area contributed by atoms with E-state index in [1.54, 1.807) is 34.1 Å². The van der Waals surface area contributed by atoms with Crippen LogP contribution in [0.25, 0.3) is 0 Å². The van der Waals surface area contributed by atoms with Gasteiger partial charge in [0.2, 0.25) is 10.0 Å². The summed E-state index contributed by atoms with van der Waals surface area (Å²) in [6, 6.07) is 5.58. The molecule has 10 heteroatoms. The molecule has 0 aliphatic carbocycles. The zero-order valence-electron chi connectivity index (χ0n) is 15.7. The van der Waals surface area contributed by atoms with E-state index in [0.717, 1.165) is 17.6 Å². The molecular formula is C16H28ClIN4O3S. The Labute approximate surface area is 178 Å². The van der Waals surface area contributed by atoms with Crippen LogP contribution in [0.1, 0.15) is 19.4 Å². The summed E-state index contributed by atoms with van der Waals surface area (Å²) in [7, 11) is -0.0158. The number of hydrogen-bond donors (Lipinski definition) is 3. The fourth-order valence-corrected chi connectivity index (χ4v) is 3.58. The third kappa shape index (κ3) is 9.79. The van der Waals surface area contributed by atoms with Crippen LogP contribution in [-0.4, -0.2) is 53.4 Å². The number of methoxy groups -OCH3 is 1. The lowest BCUT2D eigenvalue weighted by Gasteiger charge is -2.26. The van der Waals surface area contributed by atoms with Gasteiger partial charge in [-0.3, -0.25) is 4.99 Å². The van der Waals surface area contributed by atoms with E-state index in [0.29, 0.717) is 30.5 Å². The molecule has 0 bridgehead atoms. The molecule has 1 aromatic carbocycles. The van der Waals surface area contributed by atoms with Crippen molar-refractivity contribution in [1.29, 1.82) is 0 Å². The Morgan fingerprint density at radius 3 is 2.46 bits per heavy atom. The molecule has 0 aliphatic heterocycles. The highest BCUT2D eigenvalue weighted by atomic mass is 127. The molecule has 0 fully saturated rings. The molecular weight excluding hydrogens is 491 g/mol. The smallest absolute Gasteiger partial charge is 0.209 e. The molecule has 0 spiro atoms. The highest BCUT2D eigenvalue weighted by Gasteiger charge is 2.22. The maximum Gasteiger partial charge on any atom is 0.209 e. The normalized spacial score (nSPS) is 12.3. The van der Waals surface area contributed by atoms with E-state index in [-0.39, 0.29) is 24.0 Å². The van der Waals surface area contributed by atoms with Gasteiger partial charge in [-0.1, -0.05) is 17.7 Å². The predicted octanol–water partition coefficient (Wildman–Crippen LogP) is 2.00. The summed E-state index contributed by atoms with van der Waals surface area (Å²) < 4.78 is 30.4. The van der Waals surface area contributed by atoms with E-state index in [1.165, 1.54) is 0 Å². The Bertz CT molecular complexity index is 711. The Hall–Kier alpha value is -0.780. The van der Waals surface area contributed by atoms with Gasteiger partial charge in [0, 0.05) is 30.7 Å². The maximum atomic E-state index is 11.4. The first kappa shape index (κ1) is 25.2. The quantitative estimate of drug-likeness (QED) is 0.278. The molecule has 0 unspecified atom stereocenters. The third-order valence-electron chi connectivity index (χ3n) is 3.33. The Kier molecular flexibility index (Phi) is 10.8. The van der Waals surface area contributed by atoms with Crippen molar-refractivity contribution in [3.8, 4) is 5.75 Å². The largest absolute Gasteiger partial charge is 0.497 e. The number of aliphatic imine (C=N–C) groups is 1. The lowest BCUT2D eigenvalue weighted by molar-refractivity contribution is 0.414. The van der Waals surface area contributed by atoms with Gasteiger partial charge in [0.25, 0.3) is 0 Å². The van der Waals surface area contributed by atoms with Gasteiger partial charge in [-0.25, -0.2) is 13.1 Å². The summed E-state index contributed by atoms with van der Waals surface area (Å²) in [5, 5.41) is 6.95. The van der Waals surface area contributed by atoms with E-state index in [9.17, 15) is 8.42 Å². The third-order valence-corrected chi connectivity index (χ3v) is 4.61. The summed E-state index contributed by atoms with van der Waals surface area (Å²) in [5.74, 6) is 1.31. The van der Waals surface area contributed by atoms with Crippen LogP contribution in [0, 0.1) is 0 Å². The molecule has 0 aromatic heterocycles. The fourth-order valence-electron chi connectivity index (χ4n) is 2.24.